The second-order valence-electron chi connectivity index (χ2n) is 9.82. The molecule has 2 aliphatic rings. The lowest BCUT2D eigenvalue weighted by molar-refractivity contribution is 0.0742. The number of carbonyl (C=O) groups is 2. The fourth-order valence-corrected chi connectivity index (χ4v) is 5.12. The Morgan fingerprint density at radius 2 is 1.71 bits per heavy atom. The van der Waals surface area contributed by atoms with Gasteiger partial charge >= 0.3 is 6.03 Å². The molecule has 0 bridgehead atoms. The molecular formula is C29H33ClN6O2. The van der Waals surface area contributed by atoms with Gasteiger partial charge in [-0.25, -0.2) is 14.5 Å². The first-order valence-electron chi connectivity index (χ1n) is 13.2. The van der Waals surface area contributed by atoms with Gasteiger partial charge in [0.2, 0.25) is 0 Å². The zero-order valence-corrected chi connectivity index (χ0v) is 22.6. The highest BCUT2D eigenvalue weighted by Gasteiger charge is 2.34. The van der Waals surface area contributed by atoms with E-state index in [9.17, 15) is 9.59 Å². The Bertz CT molecular complexity index is 1340. The molecule has 3 heterocycles. The summed E-state index contributed by atoms with van der Waals surface area (Å²) in [6, 6.07) is 15.5. The first-order chi connectivity index (χ1) is 18.4. The lowest BCUT2D eigenvalue weighted by Crippen LogP contribution is -2.46. The summed E-state index contributed by atoms with van der Waals surface area (Å²) >= 11 is 6.18. The Morgan fingerprint density at radius 1 is 1.00 bits per heavy atom. The number of nitrogens with one attached hydrogen (secondary N) is 2. The van der Waals surface area contributed by atoms with E-state index in [1.165, 1.54) is 12.0 Å². The molecule has 1 saturated heterocycles. The number of hydrogen-bond acceptors (Lipinski definition) is 4. The smallest absolute Gasteiger partial charge is 0.317 e. The number of carbonyl (C=O) groups excluding carboxylic acids is 2. The average Bonchev–Trinajstić information content (AvgIpc) is 3.31. The molecule has 8 nitrogen and oxygen atoms in total. The van der Waals surface area contributed by atoms with Crippen molar-refractivity contribution in [1.82, 2.24) is 30.4 Å². The van der Waals surface area contributed by atoms with Gasteiger partial charge in [0.05, 0.1) is 17.9 Å². The number of halogens is 1. The highest BCUT2D eigenvalue weighted by Crippen LogP contribution is 2.34. The van der Waals surface area contributed by atoms with E-state index in [-0.39, 0.29) is 18.5 Å². The van der Waals surface area contributed by atoms with Crippen LogP contribution in [0.3, 0.4) is 0 Å². The number of piperidine rings is 1. The second-order valence-corrected chi connectivity index (χ2v) is 10.3. The van der Waals surface area contributed by atoms with Gasteiger partial charge in [-0.1, -0.05) is 47.9 Å². The van der Waals surface area contributed by atoms with Gasteiger partial charge in [0.1, 0.15) is 0 Å². The van der Waals surface area contributed by atoms with Crippen molar-refractivity contribution < 1.29 is 9.59 Å². The van der Waals surface area contributed by atoms with Gasteiger partial charge in [-0.05, 0) is 68.2 Å². The molecular weight excluding hydrogens is 500 g/mol. The molecule has 9 heteroatoms. The van der Waals surface area contributed by atoms with Crippen LogP contribution in [0.1, 0.15) is 59.1 Å². The van der Waals surface area contributed by atoms with Crippen molar-refractivity contribution in [2.24, 2.45) is 0 Å². The molecule has 3 aromatic rings. The number of benzene rings is 2. The maximum absolute atomic E-state index is 13.6. The first kappa shape index (κ1) is 26.0. The van der Waals surface area contributed by atoms with Crippen molar-refractivity contribution in [3.8, 4) is 5.69 Å². The quantitative estimate of drug-likeness (QED) is 0.481. The summed E-state index contributed by atoms with van der Waals surface area (Å²) in [5.74, 6) is -0.261. The summed E-state index contributed by atoms with van der Waals surface area (Å²) in [5.41, 5.74) is 8.82. The number of hydrazine groups is 1. The summed E-state index contributed by atoms with van der Waals surface area (Å²) < 4.78 is 1.81. The zero-order valence-electron chi connectivity index (χ0n) is 21.8. The zero-order chi connectivity index (χ0) is 26.6. The lowest BCUT2D eigenvalue weighted by Gasteiger charge is -2.30. The molecule has 0 aliphatic carbocycles. The largest absolute Gasteiger partial charge is 0.338 e. The van der Waals surface area contributed by atoms with Crippen LogP contribution in [0.2, 0.25) is 5.02 Å². The Labute approximate surface area is 228 Å². The third-order valence-corrected chi connectivity index (χ3v) is 7.19. The van der Waals surface area contributed by atoms with Crippen LogP contribution in [0.4, 0.5) is 4.79 Å². The maximum atomic E-state index is 13.6. The molecule has 3 amide bonds. The number of nitrogens with zero attached hydrogens (tertiary/aromatic N) is 4. The fraction of sp³-hybridized carbons (Fsp3) is 0.345. The van der Waals surface area contributed by atoms with Gasteiger partial charge in [0.15, 0.2) is 5.69 Å². The molecule has 0 atom stereocenters. The monoisotopic (exact) mass is 532 g/mol. The predicted molar refractivity (Wildman–Crippen MR) is 150 cm³/mol. The molecule has 2 aromatic carbocycles. The van der Waals surface area contributed by atoms with Crippen LogP contribution >= 0.6 is 11.6 Å². The third-order valence-electron chi connectivity index (χ3n) is 6.93. The number of aryl methyl sites for hydroxylation is 1. The minimum atomic E-state index is -0.261. The van der Waals surface area contributed by atoms with Gasteiger partial charge in [0, 0.05) is 36.8 Å². The van der Waals surface area contributed by atoms with Gasteiger partial charge in [-0.3, -0.25) is 10.2 Å². The predicted octanol–water partition coefficient (Wildman–Crippen LogP) is 5.05. The van der Waals surface area contributed by atoms with E-state index >= 15 is 0 Å². The van der Waals surface area contributed by atoms with Crippen LogP contribution in [0.5, 0.6) is 0 Å². The molecule has 38 heavy (non-hydrogen) atoms. The van der Waals surface area contributed by atoms with Crippen LogP contribution in [-0.2, 0) is 6.54 Å². The summed E-state index contributed by atoms with van der Waals surface area (Å²) in [7, 11) is 0. The number of aromatic nitrogens is 2. The van der Waals surface area contributed by atoms with Crippen molar-refractivity contribution in [3.05, 3.63) is 81.6 Å². The molecule has 1 fully saturated rings. The van der Waals surface area contributed by atoms with E-state index in [2.05, 4.69) is 48.0 Å². The molecule has 0 radical (unpaired) electrons. The number of hydrogen-bond donors (Lipinski definition) is 2. The van der Waals surface area contributed by atoms with E-state index in [1.807, 2.05) is 40.9 Å². The number of amides is 3. The van der Waals surface area contributed by atoms with Crippen molar-refractivity contribution in [1.29, 1.82) is 0 Å². The highest BCUT2D eigenvalue weighted by molar-refractivity contribution is 6.30. The summed E-state index contributed by atoms with van der Waals surface area (Å²) in [4.78, 5) is 28.3. The van der Waals surface area contributed by atoms with Crippen LogP contribution in [0.15, 0.2) is 48.5 Å². The Kier molecular flexibility index (Phi) is 7.81. The number of rotatable bonds is 5. The molecule has 0 saturated carbocycles. The highest BCUT2D eigenvalue weighted by atomic mass is 35.5. The molecule has 0 unspecified atom stereocenters. The molecule has 1 aromatic heterocycles. The normalized spacial score (nSPS) is 16.8. The fourth-order valence-electron chi connectivity index (χ4n) is 5.00. The van der Waals surface area contributed by atoms with Gasteiger partial charge in [-0.15, -0.1) is 0 Å². The molecule has 5 rings (SSSR count). The molecule has 0 spiro atoms. The first-order valence-corrected chi connectivity index (χ1v) is 13.5. The molecule has 2 N–H and O–H groups in total. The van der Waals surface area contributed by atoms with Crippen LogP contribution in [-0.4, -0.2) is 57.8 Å². The Morgan fingerprint density at radius 3 is 2.39 bits per heavy atom. The Hall–Kier alpha value is -3.62. The van der Waals surface area contributed by atoms with Crippen molar-refractivity contribution in [2.45, 2.75) is 39.7 Å². The van der Waals surface area contributed by atoms with Crippen LogP contribution < -0.4 is 10.7 Å². The van der Waals surface area contributed by atoms with Gasteiger partial charge in [0.25, 0.3) is 5.91 Å². The van der Waals surface area contributed by atoms with Crippen molar-refractivity contribution >= 4 is 35.2 Å². The maximum Gasteiger partial charge on any atom is 0.317 e. The molecule has 198 valence electrons. The lowest BCUT2D eigenvalue weighted by atomic mass is 9.97. The summed E-state index contributed by atoms with van der Waals surface area (Å²) in [5, 5.41) is 10.3. The standard InChI is InChI=1S/C29H33ClN6O2/c1-3-31-29(38)34-18-22(17-21-9-7-20(2)8-10-21)27-25(19-34)26(28(37)33-35-15-5-4-6-16-35)32-36(27)24-13-11-23(30)12-14-24/h7-14,17H,3-6,15-16,18-19H2,1-2H3,(H,31,38)(H,33,37)/b22-17+. The summed E-state index contributed by atoms with van der Waals surface area (Å²) in [6.45, 7) is 6.76. The van der Waals surface area contributed by atoms with E-state index < -0.39 is 0 Å². The van der Waals surface area contributed by atoms with E-state index in [1.54, 1.807) is 4.90 Å². The second kappa shape index (κ2) is 11.4. The number of urea groups is 1. The van der Waals surface area contributed by atoms with E-state index in [0.29, 0.717) is 23.8 Å². The third kappa shape index (κ3) is 5.61. The van der Waals surface area contributed by atoms with Crippen LogP contribution in [0.25, 0.3) is 17.3 Å². The number of fused-ring (bicyclic) bond motifs is 1. The van der Waals surface area contributed by atoms with E-state index in [4.69, 9.17) is 16.7 Å². The summed E-state index contributed by atoms with van der Waals surface area (Å²) in [6.07, 6.45) is 5.34. The van der Waals surface area contributed by atoms with Crippen molar-refractivity contribution in [2.75, 3.05) is 26.2 Å². The van der Waals surface area contributed by atoms with Crippen molar-refractivity contribution in [3.63, 3.8) is 0 Å². The van der Waals surface area contributed by atoms with Gasteiger partial charge < -0.3 is 10.2 Å². The SMILES string of the molecule is CCNC(=O)N1C/C(=C\c2ccc(C)cc2)c2c(c(C(=O)NN3CCCCC3)nn2-c2ccc(Cl)cc2)C1. The Balaban J connectivity index is 1.64. The average molecular weight is 533 g/mol. The topological polar surface area (TPSA) is 82.5 Å². The van der Waals surface area contributed by atoms with Crippen LogP contribution in [0, 0.1) is 6.92 Å². The van der Waals surface area contributed by atoms with E-state index in [0.717, 1.165) is 54.0 Å². The minimum Gasteiger partial charge on any atom is -0.338 e. The van der Waals surface area contributed by atoms with Gasteiger partial charge in [-0.2, -0.15) is 5.10 Å². The molecule has 2 aliphatic heterocycles. The minimum absolute atomic E-state index is 0.172.